The number of hydrogen-bond acceptors (Lipinski definition) is 4. The van der Waals surface area contributed by atoms with E-state index in [0.717, 1.165) is 29.9 Å². The first-order chi connectivity index (χ1) is 9.26. The molecule has 1 rings (SSSR count). The quantitative estimate of drug-likeness (QED) is 0.805. The second-order valence-electron chi connectivity index (χ2n) is 6.23. The number of carbonyl (C=O) groups excluding carboxylic acids is 1. The largest absolute Gasteiger partial charge is 0.361 e. The summed E-state index contributed by atoms with van der Waals surface area (Å²) in [6.07, 6.45) is 2.28. The van der Waals surface area contributed by atoms with Crippen molar-refractivity contribution in [2.45, 2.75) is 59.9 Å². The molecular formula is C15H27N3O2. The van der Waals surface area contributed by atoms with Gasteiger partial charge in [0.25, 0.3) is 0 Å². The van der Waals surface area contributed by atoms with Gasteiger partial charge in [-0.05, 0) is 45.6 Å². The monoisotopic (exact) mass is 281 g/mol. The van der Waals surface area contributed by atoms with Crippen LogP contribution in [0.1, 0.15) is 63.1 Å². The highest BCUT2D eigenvalue weighted by atomic mass is 16.5. The van der Waals surface area contributed by atoms with E-state index in [4.69, 9.17) is 10.3 Å². The predicted molar refractivity (Wildman–Crippen MR) is 79.2 cm³/mol. The van der Waals surface area contributed by atoms with Crippen molar-refractivity contribution in [1.82, 2.24) is 10.5 Å². The van der Waals surface area contributed by atoms with Crippen LogP contribution in [0.5, 0.6) is 0 Å². The maximum Gasteiger partial charge on any atom is 0.220 e. The number of amides is 1. The highest BCUT2D eigenvalue weighted by Crippen LogP contribution is 2.26. The van der Waals surface area contributed by atoms with Crippen LogP contribution in [0.2, 0.25) is 0 Å². The molecule has 1 unspecified atom stereocenters. The number of hydrogen-bond donors (Lipinski definition) is 2. The Morgan fingerprint density at radius 1 is 1.40 bits per heavy atom. The summed E-state index contributed by atoms with van der Waals surface area (Å²) in [4.78, 5) is 12.0. The summed E-state index contributed by atoms with van der Waals surface area (Å²) in [5.74, 6) is 0.821. The molecule has 1 aromatic rings. The second kappa shape index (κ2) is 6.88. The van der Waals surface area contributed by atoms with Crippen LogP contribution >= 0.6 is 0 Å². The van der Waals surface area contributed by atoms with Gasteiger partial charge in [-0.25, -0.2) is 0 Å². The van der Waals surface area contributed by atoms with Crippen LogP contribution in [0.25, 0.3) is 0 Å². The summed E-state index contributed by atoms with van der Waals surface area (Å²) < 4.78 is 5.13. The van der Waals surface area contributed by atoms with Crippen molar-refractivity contribution in [2.75, 3.05) is 6.54 Å². The zero-order valence-corrected chi connectivity index (χ0v) is 13.2. The normalized spacial score (nSPS) is 13.3. The summed E-state index contributed by atoms with van der Waals surface area (Å²) in [5.41, 5.74) is 7.49. The van der Waals surface area contributed by atoms with Crippen LogP contribution in [0, 0.1) is 19.3 Å². The molecule has 1 heterocycles. The molecule has 0 aromatic carbocycles. The van der Waals surface area contributed by atoms with Gasteiger partial charge in [-0.3, -0.25) is 4.79 Å². The number of nitrogens with zero attached hydrogens (tertiary/aromatic N) is 1. The average molecular weight is 281 g/mol. The van der Waals surface area contributed by atoms with Gasteiger partial charge in [-0.15, -0.1) is 0 Å². The molecule has 0 spiro atoms. The summed E-state index contributed by atoms with van der Waals surface area (Å²) in [6, 6.07) is -0.0774. The van der Waals surface area contributed by atoms with E-state index >= 15 is 0 Å². The first-order valence-electron chi connectivity index (χ1n) is 7.19. The van der Waals surface area contributed by atoms with E-state index in [-0.39, 0.29) is 17.4 Å². The number of aryl methyl sites for hydroxylation is 2. The van der Waals surface area contributed by atoms with E-state index in [9.17, 15) is 4.79 Å². The van der Waals surface area contributed by atoms with E-state index in [1.165, 1.54) is 0 Å². The van der Waals surface area contributed by atoms with Gasteiger partial charge in [-0.2, -0.15) is 0 Å². The van der Waals surface area contributed by atoms with Crippen LogP contribution in [0.15, 0.2) is 4.52 Å². The SMILES string of the molecule is Cc1noc(C)c1C(C)NC(=O)CCC(C)(C)CCN. The Balaban J connectivity index is 2.51. The first kappa shape index (κ1) is 16.7. The lowest BCUT2D eigenvalue weighted by atomic mass is 9.84. The van der Waals surface area contributed by atoms with E-state index < -0.39 is 0 Å². The van der Waals surface area contributed by atoms with Crippen molar-refractivity contribution in [2.24, 2.45) is 11.1 Å². The van der Waals surface area contributed by atoms with Crippen molar-refractivity contribution < 1.29 is 9.32 Å². The number of nitrogens with one attached hydrogen (secondary N) is 1. The van der Waals surface area contributed by atoms with Crippen LogP contribution in [0.3, 0.4) is 0 Å². The lowest BCUT2D eigenvalue weighted by Crippen LogP contribution is -2.28. The van der Waals surface area contributed by atoms with Crippen LogP contribution < -0.4 is 11.1 Å². The van der Waals surface area contributed by atoms with E-state index in [0.29, 0.717) is 13.0 Å². The second-order valence-corrected chi connectivity index (χ2v) is 6.23. The van der Waals surface area contributed by atoms with Crippen LogP contribution in [-0.2, 0) is 4.79 Å². The first-order valence-corrected chi connectivity index (χ1v) is 7.19. The van der Waals surface area contributed by atoms with E-state index in [1.807, 2.05) is 20.8 Å². The van der Waals surface area contributed by atoms with Gasteiger partial charge in [0.2, 0.25) is 5.91 Å². The zero-order chi connectivity index (χ0) is 15.3. The van der Waals surface area contributed by atoms with Gasteiger partial charge in [0.1, 0.15) is 5.76 Å². The Morgan fingerprint density at radius 2 is 2.05 bits per heavy atom. The Kier molecular flexibility index (Phi) is 5.74. The highest BCUT2D eigenvalue weighted by Gasteiger charge is 2.21. The third-order valence-electron chi connectivity index (χ3n) is 3.75. The predicted octanol–water partition coefficient (Wildman–Crippen LogP) is 2.62. The fraction of sp³-hybridized carbons (Fsp3) is 0.733. The lowest BCUT2D eigenvalue weighted by Gasteiger charge is -2.24. The summed E-state index contributed by atoms with van der Waals surface area (Å²) in [7, 11) is 0. The highest BCUT2D eigenvalue weighted by molar-refractivity contribution is 5.76. The van der Waals surface area contributed by atoms with Gasteiger partial charge in [-0.1, -0.05) is 19.0 Å². The molecule has 0 aliphatic heterocycles. The summed E-state index contributed by atoms with van der Waals surface area (Å²) in [5, 5.41) is 6.92. The smallest absolute Gasteiger partial charge is 0.220 e. The molecule has 1 amide bonds. The van der Waals surface area contributed by atoms with Crippen molar-refractivity contribution >= 4 is 5.91 Å². The number of carbonyl (C=O) groups is 1. The minimum Gasteiger partial charge on any atom is -0.361 e. The van der Waals surface area contributed by atoms with Gasteiger partial charge in [0, 0.05) is 12.0 Å². The maximum atomic E-state index is 12.0. The zero-order valence-electron chi connectivity index (χ0n) is 13.2. The summed E-state index contributed by atoms with van der Waals surface area (Å²) >= 11 is 0. The van der Waals surface area contributed by atoms with Crippen LogP contribution in [0.4, 0.5) is 0 Å². The van der Waals surface area contributed by atoms with Crippen molar-refractivity contribution in [3.05, 3.63) is 17.0 Å². The maximum absolute atomic E-state index is 12.0. The van der Waals surface area contributed by atoms with Crippen LogP contribution in [-0.4, -0.2) is 17.6 Å². The summed E-state index contributed by atoms with van der Waals surface area (Å²) in [6.45, 7) is 10.6. The van der Waals surface area contributed by atoms with E-state index in [2.05, 4.69) is 24.3 Å². The van der Waals surface area contributed by atoms with Crippen molar-refractivity contribution in [1.29, 1.82) is 0 Å². The number of rotatable bonds is 7. The molecule has 1 aromatic heterocycles. The molecule has 0 saturated carbocycles. The average Bonchev–Trinajstić information content (AvgIpc) is 2.66. The topological polar surface area (TPSA) is 81.2 Å². The molecule has 20 heavy (non-hydrogen) atoms. The van der Waals surface area contributed by atoms with Crippen molar-refractivity contribution in [3.8, 4) is 0 Å². The molecule has 5 heteroatoms. The Labute approximate surface area is 121 Å². The fourth-order valence-electron chi connectivity index (χ4n) is 2.46. The minimum atomic E-state index is -0.0774. The Morgan fingerprint density at radius 3 is 2.55 bits per heavy atom. The Bertz CT molecular complexity index is 432. The molecule has 0 bridgehead atoms. The van der Waals surface area contributed by atoms with Gasteiger partial charge >= 0.3 is 0 Å². The minimum absolute atomic E-state index is 0.0580. The molecule has 0 saturated heterocycles. The molecular weight excluding hydrogens is 254 g/mol. The molecule has 1 atom stereocenters. The molecule has 0 fully saturated rings. The van der Waals surface area contributed by atoms with Crippen molar-refractivity contribution in [3.63, 3.8) is 0 Å². The lowest BCUT2D eigenvalue weighted by molar-refractivity contribution is -0.122. The molecule has 0 aliphatic carbocycles. The molecule has 0 radical (unpaired) electrons. The number of aromatic nitrogens is 1. The molecule has 3 N–H and O–H groups in total. The molecule has 114 valence electrons. The van der Waals surface area contributed by atoms with Gasteiger partial charge in [0.15, 0.2) is 0 Å². The fourth-order valence-corrected chi connectivity index (χ4v) is 2.46. The Hall–Kier alpha value is -1.36. The van der Waals surface area contributed by atoms with E-state index in [1.54, 1.807) is 0 Å². The standard InChI is InChI=1S/C15H27N3O2/c1-10(14-11(2)18-20-12(14)3)17-13(19)6-7-15(4,5)8-9-16/h10H,6-9,16H2,1-5H3,(H,17,19). The molecule has 0 aliphatic rings. The van der Waals surface area contributed by atoms with Gasteiger partial charge < -0.3 is 15.6 Å². The third-order valence-corrected chi connectivity index (χ3v) is 3.75. The molecule has 5 nitrogen and oxygen atoms in total. The number of nitrogens with two attached hydrogens (primary N) is 1. The third kappa shape index (κ3) is 4.63. The van der Waals surface area contributed by atoms with Gasteiger partial charge in [0.05, 0.1) is 11.7 Å².